The first kappa shape index (κ1) is 17.2. The first-order valence-electron chi connectivity index (χ1n) is 8.57. The van der Waals surface area contributed by atoms with Gasteiger partial charge in [0.2, 0.25) is 0 Å². The molecular weight excluding hydrogens is 310 g/mol. The van der Waals surface area contributed by atoms with Crippen molar-refractivity contribution in [1.82, 2.24) is 4.98 Å². The molecule has 1 saturated heterocycles. The van der Waals surface area contributed by atoms with E-state index in [4.69, 9.17) is 19.3 Å². The molecule has 1 aliphatic heterocycles. The van der Waals surface area contributed by atoms with Crippen LogP contribution in [0.4, 0.5) is 0 Å². The predicted octanol–water partition coefficient (Wildman–Crippen LogP) is 2.64. The number of aliphatic carboxylic acids is 1. The highest BCUT2D eigenvalue weighted by Crippen LogP contribution is 2.39. The molecule has 0 atom stereocenters. The molecule has 0 unspecified atom stereocenters. The Bertz CT molecular complexity index is 602. The van der Waals surface area contributed by atoms with Crippen molar-refractivity contribution in [3.8, 4) is 5.75 Å². The molecule has 24 heavy (non-hydrogen) atoms. The Hall–Kier alpha value is -1.66. The van der Waals surface area contributed by atoms with Crippen molar-refractivity contribution >= 4 is 5.97 Å². The minimum absolute atomic E-state index is 0.0722. The van der Waals surface area contributed by atoms with E-state index in [2.05, 4.69) is 4.98 Å². The monoisotopic (exact) mass is 335 g/mol. The normalized spacial score (nSPS) is 19.9. The number of aromatic nitrogens is 1. The van der Waals surface area contributed by atoms with Gasteiger partial charge in [-0.15, -0.1) is 0 Å². The van der Waals surface area contributed by atoms with Gasteiger partial charge in [-0.1, -0.05) is 0 Å². The van der Waals surface area contributed by atoms with Crippen LogP contribution in [0.3, 0.4) is 0 Å². The van der Waals surface area contributed by atoms with Crippen LogP contribution in [0.2, 0.25) is 0 Å². The maximum atomic E-state index is 10.8. The molecule has 0 bridgehead atoms. The zero-order valence-corrected chi connectivity index (χ0v) is 14.3. The third-order valence-electron chi connectivity index (χ3n) is 4.86. The van der Waals surface area contributed by atoms with E-state index in [0.29, 0.717) is 26.2 Å². The fraction of sp³-hybridized carbons (Fsp3) is 0.667. The van der Waals surface area contributed by atoms with Crippen LogP contribution in [0.1, 0.15) is 42.5 Å². The van der Waals surface area contributed by atoms with Gasteiger partial charge in [0.1, 0.15) is 5.75 Å². The van der Waals surface area contributed by atoms with Crippen LogP contribution in [0, 0.1) is 19.8 Å². The van der Waals surface area contributed by atoms with Gasteiger partial charge in [0.15, 0.2) is 5.79 Å². The van der Waals surface area contributed by atoms with Gasteiger partial charge < -0.3 is 19.3 Å². The summed E-state index contributed by atoms with van der Waals surface area (Å²) in [6.07, 6.45) is 5.40. The molecule has 1 aromatic rings. The van der Waals surface area contributed by atoms with Gasteiger partial charge >= 0.3 is 5.97 Å². The minimum atomic E-state index is -0.819. The molecule has 3 rings (SSSR count). The first-order valence-corrected chi connectivity index (χ1v) is 8.57. The smallest absolute Gasteiger partial charge is 0.303 e. The first-order chi connectivity index (χ1) is 11.5. The van der Waals surface area contributed by atoms with E-state index in [9.17, 15) is 4.79 Å². The summed E-state index contributed by atoms with van der Waals surface area (Å²) in [7, 11) is 0. The summed E-state index contributed by atoms with van der Waals surface area (Å²) in [6.45, 7) is 5.74. The second-order valence-corrected chi connectivity index (χ2v) is 6.80. The molecular formula is C18H25NO5. The number of aryl methyl sites for hydroxylation is 2. The number of pyridine rings is 1. The summed E-state index contributed by atoms with van der Waals surface area (Å²) < 4.78 is 17.8. The predicted molar refractivity (Wildman–Crippen MR) is 87.1 cm³/mol. The van der Waals surface area contributed by atoms with Crippen molar-refractivity contribution in [3.05, 3.63) is 23.0 Å². The zero-order valence-electron chi connectivity index (χ0n) is 14.3. The van der Waals surface area contributed by atoms with E-state index in [1.54, 1.807) is 6.20 Å². The lowest BCUT2D eigenvalue weighted by atomic mass is 9.90. The fourth-order valence-corrected chi connectivity index (χ4v) is 3.14. The van der Waals surface area contributed by atoms with Crippen molar-refractivity contribution < 1.29 is 24.1 Å². The van der Waals surface area contributed by atoms with Crippen LogP contribution in [0.5, 0.6) is 5.75 Å². The second kappa shape index (κ2) is 7.07. The zero-order chi connectivity index (χ0) is 17.2. The number of nitrogens with zero attached hydrogens (tertiary/aromatic N) is 1. The Morgan fingerprint density at radius 3 is 2.67 bits per heavy atom. The Kier molecular flexibility index (Phi) is 5.06. The standard InChI is InChI=1S/C18H25NO5/c1-12-8-19-15(4-5-16(20)21)13(2)17(12)22-9-14-10-23-18(24-11-14)6-3-7-18/h8,14H,3-7,9-11H2,1-2H3,(H,20,21). The number of hydrogen-bond donors (Lipinski definition) is 1. The average molecular weight is 335 g/mol. The van der Waals surface area contributed by atoms with E-state index in [1.165, 1.54) is 6.42 Å². The van der Waals surface area contributed by atoms with Crippen molar-refractivity contribution in [2.45, 2.75) is 51.7 Å². The summed E-state index contributed by atoms with van der Waals surface area (Å²) in [4.78, 5) is 15.1. The summed E-state index contributed by atoms with van der Waals surface area (Å²) in [5, 5.41) is 8.84. The van der Waals surface area contributed by atoms with Crippen molar-refractivity contribution in [2.24, 2.45) is 5.92 Å². The Morgan fingerprint density at radius 2 is 2.08 bits per heavy atom. The van der Waals surface area contributed by atoms with Gasteiger partial charge in [0, 0.05) is 48.2 Å². The van der Waals surface area contributed by atoms with Crippen LogP contribution < -0.4 is 4.74 Å². The molecule has 2 fully saturated rings. The minimum Gasteiger partial charge on any atom is -0.492 e. The molecule has 1 spiro atoms. The van der Waals surface area contributed by atoms with Crippen LogP contribution in [-0.2, 0) is 20.7 Å². The number of ether oxygens (including phenoxy) is 3. The second-order valence-electron chi connectivity index (χ2n) is 6.80. The van der Waals surface area contributed by atoms with E-state index in [-0.39, 0.29) is 18.1 Å². The van der Waals surface area contributed by atoms with Gasteiger partial charge in [0.25, 0.3) is 0 Å². The number of carboxylic acid groups (broad SMARTS) is 1. The quantitative estimate of drug-likeness (QED) is 0.861. The Labute approximate surface area is 142 Å². The molecule has 0 aromatic carbocycles. The van der Waals surface area contributed by atoms with Crippen LogP contribution in [0.15, 0.2) is 6.20 Å². The molecule has 0 amide bonds. The third-order valence-corrected chi connectivity index (χ3v) is 4.86. The Morgan fingerprint density at radius 1 is 1.38 bits per heavy atom. The molecule has 6 heteroatoms. The fourth-order valence-electron chi connectivity index (χ4n) is 3.14. The topological polar surface area (TPSA) is 77.9 Å². The SMILES string of the molecule is Cc1cnc(CCC(=O)O)c(C)c1OCC1COC2(CCC2)OC1. The molecule has 1 aromatic heterocycles. The number of rotatable bonds is 6. The van der Waals surface area contributed by atoms with E-state index in [1.807, 2.05) is 13.8 Å². The molecule has 1 saturated carbocycles. The van der Waals surface area contributed by atoms with E-state index in [0.717, 1.165) is 35.4 Å². The van der Waals surface area contributed by atoms with Crippen molar-refractivity contribution in [2.75, 3.05) is 19.8 Å². The van der Waals surface area contributed by atoms with Gasteiger partial charge in [-0.05, 0) is 20.3 Å². The molecule has 2 aliphatic rings. The van der Waals surface area contributed by atoms with Crippen molar-refractivity contribution in [1.29, 1.82) is 0 Å². The number of carbonyl (C=O) groups is 1. The van der Waals surface area contributed by atoms with E-state index < -0.39 is 5.97 Å². The number of carboxylic acids is 1. The lowest BCUT2D eigenvalue weighted by Gasteiger charge is -2.45. The molecule has 1 aliphatic carbocycles. The van der Waals surface area contributed by atoms with Crippen molar-refractivity contribution in [3.63, 3.8) is 0 Å². The average Bonchev–Trinajstić information content (AvgIpc) is 2.53. The highest BCUT2D eigenvalue weighted by Gasteiger charge is 2.43. The molecule has 6 nitrogen and oxygen atoms in total. The highest BCUT2D eigenvalue weighted by molar-refractivity contribution is 5.67. The maximum absolute atomic E-state index is 10.8. The summed E-state index contributed by atoms with van der Waals surface area (Å²) >= 11 is 0. The lowest BCUT2D eigenvalue weighted by molar-refractivity contribution is -0.318. The van der Waals surface area contributed by atoms with Crippen LogP contribution >= 0.6 is 0 Å². The molecule has 132 valence electrons. The van der Waals surface area contributed by atoms with Crippen LogP contribution in [0.25, 0.3) is 0 Å². The van der Waals surface area contributed by atoms with Gasteiger partial charge in [-0.3, -0.25) is 9.78 Å². The van der Waals surface area contributed by atoms with Gasteiger partial charge in [0.05, 0.1) is 26.2 Å². The molecule has 2 heterocycles. The maximum Gasteiger partial charge on any atom is 0.303 e. The van der Waals surface area contributed by atoms with Gasteiger partial charge in [-0.2, -0.15) is 0 Å². The Balaban J connectivity index is 1.58. The summed E-state index contributed by atoms with van der Waals surface area (Å²) in [6, 6.07) is 0. The largest absolute Gasteiger partial charge is 0.492 e. The highest BCUT2D eigenvalue weighted by atomic mass is 16.7. The van der Waals surface area contributed by atoms with Crippen LogP contribution in [-0.4, -0.2) is 41.7 Å². The summed E-state index contributed by atoms with van der Waals surface area (Å²) in [5.41, 5.74) is 2.66. The number of hydrogen-bond acceptors (Lipinski definition) is 5. The summed E-state index contributed by atoms with van der Waals surface area (Å²) in [5.74, 6) is -0.108. The molecule has 1 N–H and O–H groups in total. The molecule has 0 radical (unpaired) electrons. The third kappa shape index (κ3) is 3.70. The lowest BCUT2D eigenvalue weighted by Crippen LogP contribution is -2.50. The van der Waals surface area contributed by atoms with Gasteiger partial charge in [-0.25, -0.2) is 0 Å². The van der Waals surface area contributed by atoms with E-state index >= 15 is 0 Å².